The monoisotopic (exact) mass is 566 g/mol. The van der Waals surface area contributed by atoms with Crippen molar-refractivity contribution in [2.75, 3.05) is 17.3 Å². The summed E-state index contributed by atoms with van der Waals surface area (Å²) in [6, 6.07) is 4.48. The summed E-state index contributed by atoms with van der Waals surface area (Å²) in [7, 11) is 1.51. The number of pyridine rings is 1. The number of aliphatic hydroxyl groups is 1. The van der Waals surface area contributed by atoms with Crippen molar-refractivity contribution in [2.45, 2.75) is 58.3 Å². The van der Waals surface area contributed by atoms with Crippen molar-refractivity contribution in [2.24, 2.45) is 0 Å². The van der Waals surface area contributed by atoms with Crippen LogP contribution >= 0.6 is 11.3 Å². The van der Waals surface area contributed by atoms with E-state index in [0.29, 0.717) is 18.0 Å². The molecule has 0 unspecified atom stereocenters. The van der Waals surface area contributed by atoms with E-state index in [-0.39, 0.29) is 40.1 Å². The van der Waals surface area contributed by atoms with E-state index in [2.05, 4.69) is 25.7 Å². The topological polar surface area (TPSA) is 156 Å². The van der Waals surface area contributed by atoms with Gasteiger partial charge in [-0.1, -0.05) is 0 Å². The number of hydrogen-bond donors (Lipinski definition) is 3. The Hall–Kier alpha value is -4.30. The average Bonchev–Trinajstić information content (AvgIpc) is 3.52. The highest BCUT2D eigenvalue weighted by atomic mass is 32.1. The predicted molar refractivity (Wildman–Crippen MR) is 150 cm³/mol. The van der Waals surface area contributed by atoms with E-state index in [9.17, 15) is 19.5 Å². The number of thiazole rings is 1. The second-order valence-corrected chi connectivity index (χ2v) is 11.7. The van der Waals surface area contributed by atoms with Gasteiger partial charge in [-0.2, -0.15) is 9.61 Å². The summed E-state index contributed by atoms with van der Waals surface area (Å²) in [6.07, 6.45) is 4.69. The summed E-state index contributed by atoms with van der Waals surface area (Å²) in [5.74, 6) is -0.0203. The first-order valence-corrected chi connectivity index (χ1v) is 13.5. The van der Waals surface area contributed by atoms with Crippen LogP contribution in [0.3, 0.4) is 0 Å². The molecule has 14 heteroatoms. The molecule has 2 amide bonds. The molecule has 3 N–H and O–H groups in total. The molecule has 1 saturated carbocycles. The van der Waals surface area contributed by atoms with E-state index in [0.717, 1.165) is 4.88 Å². The number of carbonyl (C=O) groups is 2. The maximum absolute atomic E-state index is 13.3. The number of anilines is 3. The number of carbonyl (C=O) groups excluding carboxylic acids is 2. The van der Waals surface area contributed by atoms with Gasteiger partial charge in [0.1, 0.15) is 28.5 Å². The Labute approximate surface area is 233 Å². The first-order chi connectivity index (χ1) is 18.9. The Bertz CT molecular complexity index is 1650. The van der Waals surface area contributed by atoms with Gasteiger partial charge in [-0.15, -0.1) is 11.3 Å². The van der Waals surface area contributed by atoms with Crippen LogP contribution in [0.4, 0.5) is 22.1 Å². The molecule has 1 fully saturated rings. The second-order valence-electron chi connectivity index (χ2n) is 10.5. The van der Waals surface area contributed by atoms with Crippen molar-refractivity contribution in [1.29, 1.82) is 0 Å². The van der Waals surface area contributed by atoms with Crippen LogP contribution in [0.25, 0.3) is 10.8 Å². The van der Waals surface area contributed by atoms with Gasteiger partial charge in [-0.3, -0.25) is 19.1 Å². The maximum atomic E-state index is 13.3. The number of aryl methyl sites for hydroxylation is 1. The van der Waals surface area contributed by atoms with Crippen molar-refractivity contribution < 1.29 is 19.4 Å². The predicted octanol–water partition coefficient (Wildman–Crippen LogP) is 3.01. The van der Waals surface area contributed by atoms with Crippen molar-refractivity contribution in [3.05, 3.63) is 57.6 Å². The summed E-state index contributed by atoms with van der Waals surface area (Å²) < 4.78 is 8.30. The molecule has 0 bridgehead atoms. The molecule has 1 aliphatic rings. The zero-order valence-electron chi connectivity index (χ0n) is 22.7. The lowest BCUT2D eigenvalue weighted by atomic mass is 9.89. The second kappa shape index (κ2) is 10.4. The molecule has 0 saturated heterocycles. The molecule has 0 aliphatic heterocycles. The standard InChI is InChI=1S/C26H30N8O5S/c1-14-12-27-24(40-14)33-10-6-7-17(23(33)37)29-19-11-20(32(5)25(38)39-26(2,3)4)34-21(31-19)15(13-28-34)22(36)30-16-8-9-18(16)35/h6-7,10-13,16,18,35H,8-9H2,1-5H3,(H,29,31)(H,30,36)/t16-,18-/m1/s1. The van der Waals surface area contributed by atoms with E-state index in [4.69, 9.17) is 4.74 Å². The van der Waals surface area contributed by atoms with E-state index in [1.54, 1.807) is 45.3 Å². The Morgan fingerprint density at radius 3 is 2.65 bits per heavy atom. The van der Waals surface area contributed by atoms with Crippen LogP contribution in [0, 0.1) is 6.92 Å². The van der Waals surface area contributed by atoms with Gasteiger partial charge in [0.25, 0.3) is 11.5 Å². The van der Waals surface area contributed by atoms with Crippen molar-refractivity contribution >= 4 is 46.3 Å². The molecule has 40 heavy (non-hydrogen) atoms. The van der Waals surface area contributed by atoms with Crippen LogP contribution in [0.1, 0.15) is 48.8 Å². The summed E-state index contributed by atoms with van der Waals surface area (Å²) in [5, 5.41) is 20.6. The van der Waals surface area contributed by atoms with Gasteiger partial charge >= 0.3 is 6.09 Å². The number of nitrogens with one attached hydrogen (secondary N) is 2. The number of aromatic nitrogens is 5. The molecular weight excluding hydrogens is 536 g/mol. The van der Waals surface area contributed by atoms with Crippen molar-refractivity contribution in [1.82, 2.24) is 29.5 Å². The van der Waals surface area contributed by atoms with Crippen LogP contribution < -0.4 is 21.1 Å². The lowest BCUT2D eigenvalue weighted by Crippen LogP contribution is -2.50. The Morgan fingerprint density at radius 1 is 1.25 bits per heavy atom. The summed E-state index contributed by atoms with van der Waals surface area (Å²) in [5.41, 5.74) is -0.605. The van der Waals surface area contributed by atoms with Crippen molar-refractivity contribution in [3.8, 4) is 5.13 Å². The van der Waals surface area contributed by atoms with E-state index >= 15 is 0 Å². The van der Waals surface area contributed by atoms with Gasteiger partial charge < -0.3 is 20.5 Å². The van der Waals surface area contributed by atoms with Gasteiger partial charge in [-0.05, 0) is 52.7 Å². The highest BCUT2D eigenvalue weighted by molar-refractivity contribution is 7.14. The van der Waals surface area contributed by atoms with Crippen molar-refractivity contribution in [3.63, 3.8) is 0 Å². The molecule has 2 atom stereocenters. The van der Waals surface area contributed by atoms with Crippen LogP contribution in [0.2, 0.25) is 0 Å². The number of nitrogens with zero attached hydrogens (tertiary/aromatic N) is 6. The lowest BCUT2D eigenvalue weighted by molar-refractivity contribution is 0.0448. The smallest absolute Gasteiger partial charge is 0.415 e. The van der Waals surface area contributed by atoms with Crippen LogP contribution in [-0.2, 0) is 4.74 Å². The first-order valence-electron chi connectivity index (χ1n) is 12.7. The molecule has 0 radical (unpaired) electrons. The number of aliphatic hydroxyl groups excluding tert-OH is 1. The van der Waals surface area contributed by atoms with Gasteiger partial charge in [-0.25, -0.2) is 14.8 Å². The third kappa shape index (κ3) is 5.40. The SMILES string of the molecule is Cc1cnc(-n2cccc(Nc3cc(N(C)C(=O)OC(C)(C)C)n4ncc(C(=O)N[C@@H]5CC[C@H]5O)c4n3)c2=O)s1. The quantitative estimate of drug-likeness (QED) is 0.319. The highest BCUT2D eigenvalue weighted by Crippen LogP contribution is 2.26. The minimum absolute atomic E-state index is 0.144. The fraction of sp³-hybridized carbons (Fsp3) is 0.385. The summed E-state index contributed by atoms with van der Waals surface area (Å²) >= 11 is 1.38. The third-order valence-electron chi connectivity index (χ3n) is 6.29. The van der Waals surface area contributed by atoms with Crippen LogP contribution in [-0.4, -0.2) is 66.1 Å². The highest BCUT2D eigenvalue weighted by Gasteiger charge is 2.32. The molecule has 210 valence electrons. The van der Waals surface area contributed by atoms with Crippen LogP contribution in [0.15, 0.2) is 41.6 Å². The molecule has 0 aromatic carbocycles. The molecule has 4 aromatic rings. The van der Waals surface area contributed by atoms with E-state index in [1.165, 1.54) is 44.6 Å². The molecule has 0 spiro atoms. The molecule has 4 heterocycles. The average molecular weight is 567 g/mol. The van der Waals surface area contributed by atoms with Gasteiger partial charge in [0, 0.05) is 30.4 Å². The number of rotatable bonds is 6. The fourth-order valence-electron chi connectivity index (χ4n) is 4.06. The molecule has 1 aliphatic carbocycles. The van der Waals surface area contributed by atoms with Crippen LogP contribution in [0.5, 0.6) is 0 Å². The number of ether oxygens (including phenoxy) is 1. The molecule has 5 rings (SSSR count). The number of amides is 2. The first kappa shape index (κ1) is 27.3. The minimum Gasteiger partial charge on any atom is -0.443 e. The van der Waals surface area contributed by atoms with Gasteiger partial charge in [0.05, 0.1) is 18.3 Å². The Morgan fingerprint density at radius 2 is 2.02 bits per heavy atom. The number of hydrogen-bond acceptors (Lipinski definition) is 10. The third-order valence-corrected chi connectivity index (χ3v) is 7.20. The van der Waals surface area contributed by atoms with E-state index in [1.807, 2.05) is 6.92 Å². The molecular formula is C26H30N8O5S. The fourth-order valence-corrected chi connectivity index (χ4v) is 4.80. The Kier molecular flexibility index (Phi) is 7.06. The zero-order chi connectivity index (χ0) is 28.8. The maximum Gasteiger partial charge on any atom is 0.415 e. The van der Waals surface area contributed by atoms with E-state index < -0.39 is 23.7 Å². The minimum atomic E-state index is -0.749. The summed E-state index contributed by atoms with van der Waals surface area (Å²) in [6.45, 7) is 7.16. The summed E-state index contributed by atoms with van der Waals surface area (Å²) in [4.78, 5) is 50.4. The zero-order valence-corrected chi connectivity index (χ0v) is 23.5. The largest absolute Gasteiger partial charge is 0.443 e. The molecule has 4 aromatic heterocycles. The normalized spacial score (nSPS) is 16.9. The Balaban J connectivity index is 1.56. The number of fused-ring (bicyclic) bond motifs is 1. The van der Waals surface area contributed by atoms with Gasteiger partial charge in [0.2, 0.25) is 0 Å². The molecule has 13 nitrogen and oxygen atoms in total. The van der Waals surface area contributed by atoms with Gasteiger partial charge in [0.15, 0.2) is 10.8 Å². The lowest BCUT2D eigenvalue weighted by Gasteiger charge is -2.32.